The van der Waals surface area contributed by atoms with E-state index in [1.165, 1.54) is 0 Å². The predicted octanol–water partition coefficient (Wildman–Crippen LogP) is 4.55. The maximum absolute atomic E-state index is 11.9. The van der Waals surface area contributed by atoms with Gasteiger partial charge in [-0.05, 0) is 58.3 Å². The second-order valence-electron chi connectivity index (χ2n) is 4.57. The van der Waals surface area contributed by atoms with Gasteiger partial charge in [0, 0.05) is 15.9 Å². The topological polar surface area (TPSA) is 41.1 Å². The van der Waals surface area contributed by atoms with Gasteiger partial charge < -0.3 is 10.6 Å². The maximum Gasteiger partial charge on any atom is 0.226 e. The second-order valence-corrected chi connectivity index (χ2v) is 6.24. The smallest absolute Gasteiger partial charge is 0.226 e. The molecule has 3 nitrogen and oxygen atoms in total. The third-order valence-corrected chi connectivity index (χ3v) is 4.22. The Balaban J connectivity index is 1.83. The molecule has 2 aromatic rings. The van der Waals surface area contributed by atoms with Crippen LogP contribution in [0.1, 0.15) is 12.0 Å². The lowest BCUT2D eigenvalue weighted by Crippen LogP contribution is -2.34. The SMILES string of the molecule is O=C(CCc1ccccc1Cl)NC(=S)Nc1ccccc1Br. The molecule has 22 heavy (non-hydrogen) atoms. The molecule has 114 valence electrons. The quantitative estimate of drug-likeness (QED) is 0.744. The molecule has 1 amide bonds. The molecule has 0 bridgehead atoms. The highest BCUT2D eigenvalue weighted by atomic mass is 79.9. The Bertz CT molecular complexity index is 693. The van der Waals surface area contributed by atoms with Crippen molar-refractivity contribution < 1.29 is 4.79 Å². The van der Waals surface area contributed by atoms with E-state index in [1.807, 2.05) is 48.5 Å². The summed E-state index contributed by atoms with van der Waals surface area (Å²) in [5.41, 5.74) is 1.75. The van der Waals surface area contributed by atoms with Gasteiger partial charge in [0.05, 0.1) is 5.69 Å². The largest absolute Gasteiger partial charge is 0.331 e. The Kier molecular flexibility index (Phi) is 6.36. The lowest BCUT2D eigenvalue weighted by molar-refractivity contribution is -0.119. The number of halogens is 2. The van der Waals surface area contributed by atoms with E-state index in [-0.39, 0.29) is 11.0 Å². The fraction of sp³-hybridized carbons (Fsp3) is 0.125. The number of hydrogen-bond donors (Lipinski definition) is 2. The number of thiocarbonyl (C=S) groups is 1. The van der Waals surface area contributed by atoms with Crippen LogP contribution in [0.25, 0.3) is 0 Å². The van der Waals surface area contributed by atoms with E-state index in [4.69, 9.17) is 23.8 Å². The molecule has 0 fully saturated rings. The molecule has 0 heterocycles. The standard InChI is InChI=1S/C16H14BrClN2OS/c17-12-6-2-4-8-14(12)19-16(22)20-15(21)10-9-11-5-1-3-7-13(11)18/h1-8H,9-10H2,(H2,19,20,21,22). The number of rotatable bonds is 4. The summed E-state index contributed by atoms with van der Waals surface area (Å²) in [6.07, 6.45) is 0.894. The van der Waals surface area contributed by atoms with Gasteiger partial charge in [0.1, 0.15) is 0 Å². The number of anilines is 1. The van der Waals surface area contributed by atoms with Gasteiger partial charge in [0.25, 0.3) is 0 Å². The molecule has 2 N–H and O–H groups in total. The van der Waals surface area contributed by atoms with E-state index in [9.17, 15) is 4.79 Å². The molecule has 0 aromatic heterocycles. The molecule has 2 rings (SSSR count). The fourth-order valence-electron chi connectivity index (χ4n) is 1.85. The minimum absolute atomic E-state index is 0.149. The molecule has 0 aliphatic carbocycles. The summed E-state index contributed by atoms with van der Waals surface area (Å²) >= 11 is 14.6. The molecule has 0 spiro atoms. The van der Waals surface area contributed by atoms with Crippen molar-refractivity contribution in [3.8, 4) is 0 Å². The van der Waals surface area contributed by atoms with Crippen LogP contribution in [0.3, 0.4) is 0 Å². The van der Waals surface area contributed by atoms with E-state index in [0.717, 1.165) is 15.7 Å². The summed E-state index contributed by atoms with van der Waals surface area (Å²) in [5.74, 6) is -0.149. The zero-order chi connectivity index (χ0) is 15.9. The Morgan fingerprint density at radius 3 is 2.55 bits per heavy atom. The first-order chi connectivity index (χ1) is 10.6. The van der Waals surface area contributed by atoms with Crippen LogP contribution in [-0.4, -0.2) is 11.0 Å². The number of carbonyl (C=O) groups is 1. The zero-order valence-electron chi connectivity index (χ0n) is 11.6. The number of aryl methyl sites for hydroxylation is 1. The number of carbonyl (C=O) groups excluding carboxylic acids is 1. The summed E-state index contributed by atoms with van der Waals surface area (Å²) in [4.78, 5) is 11.9. The lowest BCUT2D eigenvalue weighted by atomic mass is 10.1. The van der Waals surface area contributed by atoms with Crippen LogP contribution in [0, 0.1) is 0 Å². The van der Waals surface area contributed by atoms with Crippen LogP contribution in [0.2, 0.25) is 5.02 Å². The highest BCUT2D eigenvalue weighted by Crippen LogP contribution is 2.21. The van der Waals surface area contributed by atoms with Crippen molar-refractivity contribution in [1.82, 2.24) is 5.32 Å². The minimum Gasteiger partial charge on any atom is -0.331 e. The molecular formula is C16H14BrClN2OS. The highest BCUT2D eigenvalue weighted by molar-refractivity contribution is 9.10. The van der Waals surface area contributed by atoms with Crippen molar-refractivity contribution in [1.29, 1.82) is 0 Å². The molecule has 0 saturated carbocycles. The number of amides is 1. The van der Waals surface area contributed by atoms with Gasteiger partial charge in [-0.3, -0.25) is 4.79 Å². The average Bonchev–Trinajstić information content (AvgIpc) is 2.49. The summed E-state index contributed by atoms with van der Waals surface area (Å²) in [7, 11) is 0. The van der Waals surface area contributed by atoms with Crippen molar-refractivity contribution in [3.05, 3.63) is 63.6 Å². The number of hydrogen-bond acceptors (Lipinski definition) is 2. The van der Waals surface area contributed by atoms with E-state index in [0.29, 0.717) is 17.9 Å². The number of para-hydroxylation sites is 1. The van der Waals surface area contributed by atoms with Crippen molar-refractivity contribution in [2.24, 2.45) is 0 Å². The van der Waals surface area contributed by atoms with E-state index < -0.39 is 0 Å². The van der Waals surface area contributed by atoms with Gasteiger partial charge in [0.2, 0.25) is 5.91 Å². The summed E-state index contributed by atoms with van der Waals surface area (Å²) < 4.78 is 0.877. The predicted molar refractivity (Wildman–Crippen MR) is 98.3 cm³/mol. The first-order valence-electron chi connectivity index (χ1n) is 6.65. The van der Waals surface area contributed by atoms with Crippen molar-refractivity contribution in [2.75, 3.05) is 5.32 Å². The highest BCUT2D eigenvalue weighted by Gasteiger charge is 2.08. The van der Waals surface area contributed by atoms with Crippen molar-refractivity contribution in [3.63, 3.8) is 0 Å². The summed E-state index contributed by atoms with van der Waals surface area (Å²) in [6, 6.07) is 15.0. The molecule has 0 unspecified atom stereocenters. The number of nitrogens with one attached hydrogen (secondary N) is 2. The summed E-state index contributed by atoms with van der Waals surface area (Å²) in [6.45, 7) is 0. The zero-order valence-corrected chi connectivity index (χ0v) is 14.8. The third kappa shape index (κ3) is 5.09. The number of benzene rings is 2. The van der Waals surface area contributed by atoms with Gasteiger partial charge in [-0.25, -0.2) is 0 Å². The van der Waals surface area contributed by atoms with Gasteiger partial charge in [-0.1, -0.05) is 41.9 Å². The molecule has 0 aliphatic heterocycles. The van der Waals surface area contributed by atoms with Gasteiger partial charge in [0.15, 0.2) is 5.11 Å². The molecule has 0 radical (unpaired) electrons. The van der Waals surface area contributed by atoms with Crippen LogP contribution in [-0.2, 0) is 11.2 Å². The summed E-state index contributed by atoms with van der Waals surface area (Å²) in [5, 5.41) is 6.58. The van der Waals surface area contributed by atoms with E-state index in [2.05, 4.69) is 26.6 Å². The van der Waals surface area contributed by atoms with Crippen LogP contribution >= 0.6 is 39.7 Å². The van der Waals surface area contributed by atoms with E-state index in [1.54, 1.807) is 0 Å². The Hall–Kier alpha value is -1.43. The van der Waals surface area contributed by atoms with Crippen molar-refractivity contribution >= 4 is 56.5 Å². The first kappa shape index (κ1) is 16.9. The monoisotopic (exact) mass is 396 g/mol. The average molecular weight is 398 g/mol. The third-order valence-electron chi connectivity index (χ3n) is 2.95. The van der Waals surface area contributed by atoms with Gasteiger partial charge in [-0.2, -0.15) is 0 Å². The Labute approximate surface area is 148 Å². The fourth-order valence-corrected chi connectivity index (χ4v) is 2.69. The Morgan fingerprint density at radius 2 is 1.82 bits per heavy atom. The molecule has 2 aromatic carbocycles. The lowest BCUT2D eigenvalue weighted by Gasteiger charge is -2.11. The molecule has 0 aliphatic rings. The van der Waals surface area contributed by atoms with Gasteiger partial charge >= 0.3 is 0 Å². The van der Waals surface area contributed by atoms with E-state index >= 15 is 0 Å². The Morgan fingerprint density at radius 1 is 1.14 bits per heavy atom. The van der Waals surface area contributed by atoms with Crippen LogP contribution in [0.5, 0.6) is 0 Å². The van der Waals surface area contributed by atoms with Crippen molar-refractivity contribution in [2.45, 2.75) is 12.8 Å². The first-order valence-corrected chi connectivity index (χ1v) is 8.23. The van der Waals surface area contributed by atoms with Gasteiger partial charge in [-0.15, -0.1) is 0 Å². The second kappa shape index (κ2) is 8.27. The molecule has 6 heteroatoms. The molecule has 0 saturated heterocycles. The van der Waals surface area contributed by atoms with Crippen LogP contribution in [0.4, 0.5) is 5.69 Å². The molecular weight excluding hydrogens is 384 g/mol. The minimum atomic E-state index is -0.149. The molecule has 0 atom stereocenters. The maximum atomic E-state index is 11.9. The van der Waals surface area contributed by atoms with Crippen LogP contribution < -0.4 is 10.6 Å². The normalized spacial score (nSPS) is 10.1. The van der Waals surface area contributed by atoms with Crippen LogP contribution in [0.15, 0.2) is 53.0 Å².